The molecule has 2 heterocycles. The smallest absolute Gasteiger partial charge is 0.263 e. The molecule has 1 aliphatic carbocycles. The number of hydrogen-bond acceptors (Lipinski definition) is 4. The van der Waals surface area contributed by atoms with Crippen molar-refractivity contribution < 1.29 is 4.79 Å². The molecule has 122 valence electrons. The molecule has 0 spiro atoms. The Balaban J connectivity index is 1.62. The number of aromatic nitrogens is 2. The molecule has 6 heteroatoms. The highest BCUT2D eigenvalue weighted by atomic mass is 32.1. The first-order valence-corrected chi connectivity index (χ1v) is 8.94. The monoisotopic (exact) mass is 339 g/mol. The third-order valence-electron chi connectivity index (χ3n) is 4.31. The second-order valence-electron chi connectivity index (χ2n) is 6.00. The van der Waals surface area contributed by atoms with E-state index in [4.69, 9.17) is 0 Å². The summed E-state index contributed by atoms with van der Waals surface area (Å²) in [6, 6.07) is 9.03. The number of H-pyrrole nitrogens is 1. The highest BCUT2D eigenvalue weighted by molar-refractivity contribution is 7.15. The Hall–Kier alpha value is -2.47. The average Bonchev–Trinajstić information content (AvgIpc) is 2.82. The number of thiazole rings is 1. The van der Waals surface area contributed by atoms with Crippen LogP contribution in [0.1, 0.15) is 40.2 Å². The van der Waals surface area contributed by atoms with Crippen LogP contribution in [0, 0.1) is 0 Å². The number of anilines is 1. The molecule has 2 N–H and O–H groups in total. The predicted octanol–water partition coefficient (Wildman–Crippen LogP) is 3.51. The van der Waals surface area contributed by atoms with Gasteiger partial charge in [0.05, 0.1) is 5.69 Å². The molecule has 0 fully saturated rings. The largest absolute Gasteiger partial charge is 0.321 e. The van der Waals surface area contributed by atoms with Crippen molar-refractivity contribution in [1.82, 2.24) is 9.97 Å². The Morgan fingerprint density at radius 2 is 2.00 bits per heavy atom. The molecule has 24 heavy (non-hydrogen) atoms. The van der Waals surface area contributed by atoms with Gasteiger partial charge in [-0.25, -0.2) is 4.98 Å². The first-order valence-electron chi connectivity index (χ1n) is 8.13. The lowest BCUT2D eigenvalue weighted by molar-refractivity contribution is 0.102. The Morgan fingerprint density at radius 1 is 1.17 bits per heavy atom. The van der Waals surface area contributed by atoms with Crippen LogP contribution in [0.25, 0.3) is 10.9 Å². The van der Waals surface area contributed by atoms with E-state index in [-0.39, 0.29) is 11.1 Å². The molecule has 0 saturated heterocycles. The molecule has 3 aromatic rings. The molecule has 0 unspecified atom stereocenters. The molecule has 1 aromatic carbocycles. The van der Waals surface area contributed by atoms with E-state index in [0.29, 0.717) is 5.13 Å². The minimum Gasteiger partial charge on any atom is -0.321 e. The van der Waals surface area contributed by atoms with Crippen LogP contribution in [-0.4, -0.2) is 15.9 Å². The fourth-order valence-corrected chi connectivity index (χ4v) is 4.11. The number of rotatable bonds is 2. The fourth-order valence-electron chi connectivity index (χ4n) is 3.06. The van der Waals surface area contributed by atoms with Gasteiger partial charge in [0.15, 0.2) is 5.13 Å². The van der Waals surface area contributed by atoms with E-state index in [0.717, 1.165) is 35.9 Å². The lowest BCUT2D eigenvalue weighted by Gasteiger charge is -2.03. The summed E-state index contributed by atoms with van der Waals surface area (Å²) in [7, 11) is 0. The second kappa shape index (κ2) is 6.20. The molecule has 1 aliphatic rings. The number of fused-ring (bicyclic) bond motifs is 2. The molecule has 0 saturated carbocycles. The van der Waals surface area contributed by atoms with Crippen molar-refractivity contribution >= 4 is 33.3 Å². The lowest BCUT2D eigenvalue weighted by atomic mass is 10.1. The molecular formula is C18H17N3O2S. The van der Waals surface area contributed by atoms with Crippen LogP contribution in [0.3, 0.4) is 0 Å². The number of pyridine rings is 1. The maximum absolute atomic E-state index is 12.5. The molecule has 0 aliphatic heterocycles. The summed E-state index contributed by atoms with van der Waals surface area (Å²) in [4.78, 5) is 33.2. The Morgan fingerprint density at radius 3 is 2.92 bits per heavy atom. The Bertz CT molecular complexity index is 950. The van der Waals surface area contributed by atoms with Gasteiger partial charge in [-0.15, -0.1) is 11.3 Å². The van der Waals surface area contributed by atoms with Crippen molar-refractivity contribution in [1.29, 1.82) is 0 Å². The Labute approximate surface area is 142 Å². The highest BCUT2D eigenvalue weighted by Crippen LogP contribution is 2.29. The van der Waals surface area contributed by atoms with Gasteiger partial charge in [-0.2, -0.15) is 0 Å². The highest BCUT2D eigenvalue weighted by Gasteiger charge is 2.17. The van der Waals surface area contributed by atoms with Crippen molar-refractivity contribution in [3.63, 3.8) is 0 Å². The number of nitrogens with zero attached hydrogens (tertiary/aromatic N) is 1. The van der Waals surface area contributed by atoms with Gasteiger partial charge < -0.3 is 4.98 Å². The number of amides is 1. The van der Waals surface area contributed by atoms with Gasteiger partial charge in [-0.1, -0.05) is 24.6 Å². The van der Waals surface area contributed by atoms with Gasteiger partial charge in [0, 0.05) is 10.4 Å². The zero-order chi connectivity index (χ0) is 16.5. The van der Waals surface area contributed by atoms with E-state index in [9.17, 15) is 9.59 Å². The topological polar surface area (TPSA) is 74.8 Å². The van der Waals surface area contributed by atoms with E-state index < -0.39 is 5.91 Å². The van der Waals surface area contributed by atoms with Crippen molar-refractivity contribution in [2.24, 2.45) is 0 Å². The summed E-state index contributed by atoms with van der Waals surface area (Å²) < 4.78 is 0. The molecule has 5 nitrogen and oxygen atoms in total. The summed E-state index contributed by atoms with van der Waals surface area (Å²) in [5, 5.41) is 4.20. The summed E-state index contributed by atoms with van der Waals surface area (Å²) >= 11 is 1.53. The van der Waals surface area contributed by atoms with Crippen LogP contribution in [-0.2, 0) is 12.8 Å². The summed E-state index contributed by atoms with van der Waals surface area (Å²) in [6.45, 7) is 0. The lowest BCUT2D eigenvalue weighted by Crippen LogP contribution is -2.23. The summed E-state index contributed by atoms with van der Waals surface area (Å²) in [6.07, 6.45) is 5.55. The number of hydrogen-bond donors (Lipinski definition) is 2. The average molecular weight is 339 g/mol. The van der Waals surface area contributed by atoms with E-state index in [1.54, 1.807) is 6.07 Å². The molecular weight excluding hydrogens is 322 g/mol. The van der Waals surface area contributed by atoms with Crippen LogP contribution in [0.15, 0.2) is 35.1 Å². The molecule has 0 radical (unpaired) electrons. The van der Waals surface area contributed by atoms with Crippen molar-refractivity contribution in [3.8, 4) is 0 Å². The number of aromatic amines is 1. The zero-order valence-electron chi connectivity index (χ0n) is 13.1. The summed E-state index contributed by atoms with van der Waals surface area (Å²) in [5.74, 6) is -0.411. The van der Waals surface area contributed by atoms with Crippen LogP contribution in [0.5, 0.6) is 0 Å². The van der Waals surface area contributed by atoms with Crippen LogP contribution >= 0.6 is 11.3 Å². The van der Waals surface area contributed by atoms with Gasteiger partial charge in [0.1, 0.15) is 5.56 Å². The maximum atomic E-state index is 12.5. The molecule has 2 aromatic heterocycles. The van der Waals surface area contributed by atoms with E-state index in [1.807, 2.05) is 24.3 Å². The number of carbonyl (C=O) groups is 1. The van der Waals surface area contributed by atoms with Gasteiger partial charge >= 0.3 is 0 Å². The van der Waals surface area contributed by atoms with Gasteiger partial charge in [-0.3, -0.25) is 14.9 Å². The standard InChI is InChI=1S/C18H17N3O2S/c22-16-12(10-11-6-4-5-7-13(11)19-16)17(23)21-18-20-14-8-2-1-3-9-15(14)24-18/h4-7,10H,1-3,8-9H2,(H,19,22)(H,20,21,23). The fraction of sp³-hybridized carbons (Fsp3) is 0.278. The normalized spacial score (nSPS) is 14.2. The molecule has 0 atom stereocenters. The summed E-state index contributed by atoms with van der Waals surface area (Å²) in [5.41, 5.74) is 1.55. The van der Waals surface area contributed by atoms with Gasteiger partial charge in [0.2, 0.25) is 0 Å². The SMILES string of the molecule is O=C(Nc1nc2c(s1)CCCCC2)c1cc2ccccc2[nH]c1=O. The third-order valence-corrected chi connectivity index (χ3v) is 5.39. The maximum Gasteiger partial charge on any atom is 0.263 e. The quantitative estimate of drug-likeness (QED) is 0.702. The Kier molecular flexibility index (Phi) is 3.90. The van der Waals surface area contributed by atoms with Gasteiger partial charge in [0.25, 0.3) is 11.5 Å². The van der Waals surface area contributed by atoms with Crippen LogP contribution in [0.4, 0.5) is 5.13 Å². The predicted molar refractivity (Wildman–Crippen MR) is 95.9 cm³/mol. The number of aryl methyl sites for hydroxylation is 2. The van der Waals surface area contributed by atoms with Crippen LogP contribution in [0.2, 0.25) is 0 Å². The third kappa shape index (κ3) is 2.85. The first kappa shape index (κ1) is 15.1. The van der Waals surface area contributed by atoms with E-state index in [1.165, 1.54) is 29.1 Å². The molecule has 0 bridgehead atoms. The van der Waals surface area contributed by atoms with Crippen molar-refractivity contribution in [2.45, 2.75) is 32.1 Å². The van der Waals surface area contributed by atoms with Crippen LogP contribution < -0.4 is 10.9 Å². The molecule has 4 rings (SSSR count). The first-order chi connectivity index (χ1) is 11.7. The van der Waals surface area contributed by atoms with E-state index in [2.05, 4.69) is 15.3 Å². The number of nitrogens with one attached hydrogen (secondary N) is 2. The molecule has 1 amide bonds. The number of para-hydroxylation sites is 1. The second-order valence-corrected chi connectivity index (χ2v) is 7.09. The zero-order valence-corrected chi connectivity index (χ0v) is 13.9. The minimum absolute atomic E-state index is 0.110. The number of benzene rings is 1. The van der Waals surface area contributed by atoms with Crippen molar-refractivity contribution in [3.05, 3.63) is 56.8 Å². The number of carbonyl (C=O) groups excluding carboxylic acids is 1. The minimum atomic E-state index is -0.411. The van der Waals surface area contributed by atoms with Gasteiger partial charge in [-0.05, 0) is 43.2 Å². The van der Waals surface area contributed by atoms with E-state index >= 15 is 0 Å². The van der Waals surface area contributed by atoms with Crippen molar-refractivity contribution in [2.75, 3.05) is 5.32 Å².